The second-order valence-electron chi connectivity index (χ2n) is 4.48. The molecule has 1 saturated carbocycles. The first-order valence-electron chi connectivity index (χ1n) is 5.77. The van der Waals surface area contributed by atoms with Gasteiger partial charge in [-0.3, -0.25) is 0 Å². The van der Waals surface area contributed by atoms with Crippen LogP contribution in [0.3, 0.4) is 0 Å². The van der Waals surface area contributed by atoms with E-state index in [9.17, 15) is 0 Å². The van der Waals surface area contributed by atoms with Crippen molar-refractivity contribution in [3.63, 3.8) is 0 Å². The SMILES string of the molecule is CN(CC1CCC1)c1ccc(Cl)c(CN)n1. The molecule has 1 aromatic heterocycles. The highest BCUT2D eigenvalue weighted by Gasteiger charge is 2.19. The minimum atomic E-state index is 0.393. The third-order valence-electron chi connectivity index (χ3n) is 3.25. The van der Waals surface area contributed by atoms with Crippen LogP contribution in [0.15, 0.2) is 12.1 Å². The van der Waals surface area contributed by atoms with Crippen LogP contribution in [0.25, 0.3) is 0 Å². The summed E-state index contributed by atoms with van der Waals surface area (Å²) in [5.74, 6) is 1.81. The molecule has 16 heavy (non-hydrogen) atoms. The molecule has 0 saturated heterocycles. The van der Waals surface area contributed by atoms with Gasteiger partial charge >= 0.3 is 0 Å². The van der Waals surface area contributed by atoms with Crippen molar-refractivity contribution in [2.75, 3.05) is 18.5 Å². The number of hydrogen-bond donors (Lipinski definition) is 1. The summed E-state index contributed by atoms with van der Waals surface area (Å²) in [6.45, 7) is 1.47. The Bertz CT molecular complexity index is 363. The third kappa shape index (κ3) is 2.47. The van der Waals surface area contributed by atoms with Crippen LogP contribution in [0.5, 0.6) is 0 Å². The standard InChI is InChI=1S/C12H18ClN3/c1-16(8-9-3-2-4-9)12-6-5-10(13)11(7-14)15-12/h5-6,9H,2-4,7-8,14H2,1H3. The minimum Gasteiger partial charge on any atom is -0.359 e. The number of hydrogen-bond acceptors (Lipinski definition) is 3. The van der Waals surface area contributed by atoms with Gasteiger partial charge in [0.1, 0.15) is 5.82 Å². The number of nitrogens with zero attached hydrogens (tertiary/aromatic N) is 2. The molecule has 0 atom stereocenters. The van der Waals surface area contributed by atoms with Crippen LogP contribution in [-0.4, -0.2) is 18.6 Å². The van der Waals surface area contributed by atoms with Crippen molar-refractivity contribution < 1.29 is 0 Å². The van der Waals surface area contributed by atoms with Gasteiger partial charge in [0.25, 0.3) is 0 Å². The highest BCUT2D eigenvalue weighted by molar-refractivity contribution is 6.31. The largest absolute Gasteiger partial charge is 0.359 e. The molecular weight excluding hydrogens is 222 g/mol. The minimum absolute atomic E-state index is 0.393. The van der Waals surface area contributed by atoms with Crippen LogP contribution in [0.4, 0.5) is 5.82 Å². The van der Waals surface area contributed by atoms with Gasteiger partial charge in [-0.2, -0.15) is 0 Å². The summed E-state index contributed by atoms with van der Waals surface area (Å²) in [5, 5.41) is 0.656. The van der Waals surface area contributed by atoms with Crippen molar-refractivity contribution in [3.05, 3.63) is 22.8 Å². The molecule has 3 nitrogen and oxygen atoms in total. The second-order valence-corrected chi connectivity index (χ2v) is 4.89. The predicted molar refractivity (Wildman–Crippen MR) is 67.7 cm³/mol. The number of aromatic nitrogens is 1. The Morgan fingerprint density at radius 1 is 1.50 bits per heavy atom. The topological polar surface area (TPSA) is 42.1 Å². The van der Waals surface area contributed by atoms with Crippen molar-refractivity contribution in [1.82, 2.24) is 4.98 Å². The average molecular weight is 240 g/mol. The Balaban J connectivity index is 2.06. The molecule has 0 amide bonds. The average Bonchev–Trinajstić information content (AvgIpc) is 2.24. The molecule has 88 valence electrons. The van der Waals surface area contributed by atoms with E-state index in [0.717, 1.165) is 24.0 Å². The van der Waals surface area contributed by atoms with Crippen molar-refractivity contribution in [2.45, 2.75) is 25.8 Å². The van der Waals surface area contributed by atoms with Crippen LogP contribution in [0.2, 0.25) is 5.02 Å². The summed E-state index contributed by atoms with van der Waals surface area (Å²) in [4.78, 5) is 6.66. The molecule has 0 spiro atoms. The molecule has 1 fully saturated rings. The molecule has 2 N–H and O–H groups in total. The Labute approximate surface area is 102 Å². The van der Waals surface area contributed by atoms with E-state index in [1.807, 2.05) is 12.1 Å². The second kappa shape index (κ2) is 5.02. The normalized spacial score (nSPS) is 15.9. The zero-order valence-corrected chi connectivity index (χ0v) is 10.4. The lowest BCUT2D eigenvalue weighted by atomic mass is 9.85. The van der Waals surface area contributed by atoms with E-state index >= 15 is 0 Å². The number of nitrogens with two attached hydrogens (primary N) is 1. The van der Waals surface area contributed by atoms with Crippen LogP contribution in [0.1, 0.15) is 25.0 Å². The van der Waals surface area contributed by atoms with E-state index in [0.29, 0.717) is 11.6 Å². The maximum atomic E-state index is 5.98. The molecular formula is C12H18ClN3. The molecule has 0 aromatic carbocycles. The van der Waals surface area contributed by atoms with E-state index < -0.39 is 0 Å². The highest BCUT2D eigenvalue weighted by Crippen LogP contribution is 2.28. The van der Waals surface area contributed by atoms with Crippen molar-refractivity contribution in [2.24, 2.45) is 11.7 Å². The third-order valence-corrected chi connectivity index (χ3v) is 3.59. The van der Waals surface area contributed by atoms with Crippen molar-refractivity contribution in [3.8, 4) is 0 Å². The lowest BCUT2D eigenvalue weighted by Gasteiger charge is -2.30. The van der Waals surface area contributed by atoms with Gasteiger partial charge in [0, 0.05) is 20.1 Å². The number of rotatable bonds is 4. The Morgan fingerprint density at radius 3 is 2.81 bits per heavy atom. The molecule has 2 rings (SSSR count). The monoisotopic (exact) mass is 239 g/mol. The van der Waals surface area contributed by atoms with Gasteiger partial charge in [0.15, 0.2) is 0 Å². The predicted octanol–water partition coefficient (Wildman–Crippen LogP) is 2.43. The molecule has 0 bridgehead atoms. The molecule has 0 radical (unpaired) electrons. The first kappa shape index (κ1) is 11.7. The summed E-state index contributed by atoms with van der Waals surface area (Å²) in [6.07, 6.45) is 4.07. The smallest absolute Gasteiger partial charge is 0.128 e. The number of halogens is 1. The van der Waals surface area contributed by atoms with Crippen LogP contribution >= 0.6 is 11.6 Å². The van der Waals surface area contributed by atoms with Gasteiger partial charge < -0.3 is 10.6 Å². The highest BCUT2D eigenvalue weighted by atomic mass is 35.5. The lowest BCUT2D eigenvalue weighted by molar-refractivity contribution is 0.321. The fourth-order valence-corrected chi connectivity index (χ4v) is 2.17. The fraction of sp³-hybridized carbons (Fsp3) is 0.583. The number of anilines is 1. The number of pyridine rings is 1. The Morgan fingerprint density at radius 2 is 2.25 bits per heavy atom. The van der Waals surface area contributed by atoms with Crippen molar-refractivity contribution >= 4 is 17.4 Å². The zero-order valence-electron chi connectivity index (χ0n) is 9.62. The lowest BCUT2D eigenvalue weighted by Crippen LogP contribution is -2.30. The Kier molecular flexibility index (Phi) is 3.66. The van der Waals surface area contributed by atoms with Crippen LogP contribution < -0.4 is 10.6 Å². The molecule has 1 aromatic rings. The maximum Gasteiger partial charge on any atom is 0.128 e. The summed E-state index contributed by atoms with van der Waals surface area (Å²) in [6, 6.07) is 3.84. The van der Waals surface area contributed by atoms with E-state index in [-0.39, 0.29) is 0 Å². The van der Waals surface area contributed by atoms with Gasteiger partial charge in [0.2, 0.25) is 0 Å². The molecule has 1 heterocycles. The first-order chi connectivity index (χ1) is 7.70. The zero-order chi connectivity index (χ0) is 11.5. The molecule has 1 aliphatic rings. The summed E-state index contributed by atoms with van der Waals surface area (Å²) in [5.41, 5.74) is 6.37. The van der Waals surface area contributed by atoms with Gasteiger partial charge in [-0.1, -0.05) is 18.0 Å². The fourth-order valence-electron chi connectivity index (χ4n) is 1.98. The van der Waals surface area contributed by atoms with Crippen molar-refractivity contribution in [1.29, 1.82) is 0 Å². The van der Waals surface area contributed by atoms with Gasteiger partial charge in [0.05, 0.1) is 10.7 Å². The summed E-state index contributed by atoms with van der Waals surface area (Å²) in [7, 11) is 2.08. The summed E-state index contributed by atoms with van der Waals surface area (Å²) < 4.78 is 0. The van der Waals surface area contributed by atoms with Gasteiger partial charge in [-0.05, 0) is 30.9 Å². The first-order valence-corrected chi connectivity index (χ1v) is 6.15. The van der Waals surface area contributed by atoms with Gasteiger partial charge in [-0.15, -0.1) is 0 Å². The molecule has 1 aliphatic carbocycles. The van der Waals surface area contributed by atoms with Crippen LogP contribution in [0, 0.1) is 5.92 Å². The van der Waals surface area contributed by atoms with E-state index in [4.69, 9.17) is 17.3 Å². The summed E-state index contributed by atoms with van der Waals surface area (Å²) >= 11 is 5.98. The quantitative estimate of drug-likeness (QED) is 0.878. The maximum absolute atomic E-state index is 5.98. The Hall–Kier alpha value is -0.800. The van der Waals surface area contributed by atoms with E-state index in [2.05, 4.69) is 16.9 Å². The molecule has 4 heteroatoms. The molecule has 0 unspecified atom stereocenters. The van der Waals surface area contributed by atoms with Crippen LogP contribution in [-0.2, 0) is 6.54 Å². The molecule has 0 aliphatic heterocycles. The van der Waals surface area contributed by atoms with E-state index in [1.54, 1.807) is 0 Å². The van der Waals surface area contributed by atoms with Gasteiger partial charge in [-0.25, -0.2) is 4.98 Å². The van der Waals surface area contributed by atoms with E-state index in [1.165, 1.54) is 19.3 Å².